The van der Waals surface area contributed by atoms with Gasteiger partial charge in [-0.3, -0.25) is 9.48 Å². The van der Waals surface area contributed by atoms with Crippen molar-refractivity contribution in [2.24, 2.45) is 0 Å². The number of ether oxygens (including phenoxy) is 1. The molecule has 0 amide bonds. The van der Waals surface area contributed by atoms with Gasteiger partial charge >= 0.3 is 5.97 Å². The van der Waals surface area contributed by atoms with E-state index in [1.807, 2.05) is 24.6 Å². The van der Waals surface area contributed by atoms with Gasteiger partial charge in [-0.2, -0.15) is 5.10 Å². The van der Waals surface area contributed by atoms with Crippen molar-refractivity contribution in [3.05, 3.63) is 18.0 Å². The first-order valence-electron chi connectivity index (χ1n) is 6.61. The smallest absolute Gasteiger partial charge is 0.323 e. The number of carbonyl (C=O) groups excluding carboxylic acids is 1. The van der Waals surface area contributed by atoms with Crippen molar-refractivity contribution in [1.29, 1.82) is 0 Å². The lowest BCUT2D eigenvalue weighted by Gasteiger charge is -2.17. The average molecular weight is 251 g/mol. The molecule has 1 saturated carbocycles. The molecule has 100 valence electrons. The molecule has 1 aliphatic rings. The number of nitrogens with one attached hydrogen (secondary N) is 1. The summed E-state index contributed by atoms with van der Waals surface area (Å²) in [6.07, 6.45) is 4.83. The minimum atomic E-state index is -0.207. The van der Waals surface area contributed by atoms with Crippen LogP contribution in [0.15, 0.2) is 12.3 Å². The Kier molecular flexibility index (Phi) is 4.36. The molecule has 0 bridgehead atoms. The average Bonchev–Trinajstić information content (AvgIpc) is 3.07. The fourth-order valence-electron chi connectivity index (χ4n) is 1.93. The van der Waals surface area contributed by atoms with Crippen molar-refractivity contribution in [1.82, 2.24) is 15.1 Å². The molecule has 0 aliphatic heterocycles. The molecule has 1 fully saturated rings. The highest BCUT2D eigenvalue weighted by atomic mass is 16.5. The molecule has 18 heavy (non-hydrogen) atoms. The van der Waals surface area contributed by atoms with Crippen LogP contribution < -0.4 is 5.32 Å². The Hall–Kier alpha value is -1.36. The van der Waals surface area contributed by atoms with E-state index >= 15 is 0 Å². The van der Waals surface area contributed by atoms with Crippen molar-refractivity contribution < 1.29 is 9.53 Å². The van der Waals surface area contributed by atoms with Gasteiger partial charge in [0.05, 0.1) is 6.61 Å². The van der Waals surface area contributed by atoms with Crippen LogP contribution in [0.3, 0.4) is 0 Å². The van der Waals surface area contributed by atoms with Crippen LogP contribution in [0.1, 0.15) is 31.9 Å². The first-order valence-corrected chi connectivity index (χ1v) is 6.61. The van der Waals surface area contributed by atoms with Gasteiger partial charge in [0, 0.05) is 24.5 Å². The van der Waals surface area contributed by atoms with Crippen LogP contribution in [0.25, 0.3) is 0 Å². The third kappa shape index (κ3) is 3.57. The first-order chi connectivity index (χ1) is 8.70. The summed E-state index contributed by atoms with van der Waals surface area (Å²) in [6, 6.07) is 2.26. The van der Waals surface area contributed by atoms with Crippen LogP contribution >= 0.6 is 0 Å². The summed E-state index contributed by atoms with van der Waals surface area (Å²) in [4.78, 5) is 11.8. The monoisotopic (exact) mass is 251 g/mol. The normalized spacial score (nSPS) is 16.6. The van der Waals surface area contributed by atoms with E-state index in [0.29, 0.717) is 12.6 Å². The van der Waals surface area contributed by atoms with Crippen molar-refractivity contribution in [3.8, 4) is 0 Å². The molecule has 1 aromatic heterocycles. The summed E-state index contributed by atoms with van der Waals surface area (Å²) < 4.78 is 7.02. The van der Waals surface area contributed by atoms with Gasteiger partial charge in [-0.1, -0.05) is 0 Å². The molecule has 0 aromatic carbocycles. The molecule has 5 heteroatoms. The predicted molar refractivity (Wildman–Crippen MR) is 68.2 cm³/mol. The molecule has 0 saturated heterocycles. The van der Waals surface area contributed by atoms with Crippen molar-refractivity contribution in [3.63, 3.8) is 0 Å². The highest BCUT2D eigenvalue weighted by Gasteiger charge is 2.29. The Balaban J connectivity index is 1.87. The second kappa shape index (κ2) is 6.00. The second-order valence-electron chi connectivity index (χ2n) is 4.73. The number of aromatic nitrogens is 2. The maximum Gasteiger partial charge on any atom is 0.323 e. The van der Waals surface area contributed by atoms with Gasteiger partial charge in [0.1, 0.15) is 6.04 Å². The number of nitrogens with zero attached hydrogens (tertiary/aromatic N) is 2. The molecular weight excluding hydrogens is 230 g/mol. The highest BCUT2D eigenvalue weighted by molar-refractivity contribution is 5.75. The van der Waals surface area contributed by atoms with Crippen molar-refractivity contribution in [2.45, 2.75) is 51.7 Å². The predicted octanol–water partition coefficient (Wildman–Crippen LogP) is 1.27. The largest absolute Gasteiger partial charge is 0.465 e. The lowest BCUT2D eigenvalue weighted by Crippen LogP contribution is -2.40. The minimum absolute atomic E-state index is 0.144. The Labute approximate surface area is 108 Å². The summed E-state index contributed by atoms with van der Waals surface area (Å²) in [5.74, 6) is -0.144. The molecule has 1 aliphatic carbocycles. The van der Waals surface area contributed by atoms with Crippen LogP contribution in [-0.4, -0.2) is 34.4 Å². The molecule has 2 rings (SSSR count). The Morgan fingerprint density at radius 3 is 3.00 bits per heavy atom. The van der Waals surface area contributed by atoms with Crippen molar-refractivity contribution in [2.75, 3.05) is 6.61 Å². The van der Waals surface area contributed by atoms with E-state index in [1.54, 1.807) is 6.20 Å². The molecule has 1 unspecified atom stereocenters. The SMILES string of the molecule is CCOC(=O)C(CCn1nccc1C)NC1CC1. The molecule has 0 radical (unpaired) electrons. The van der Waals surface area contributed by atoms with Crippen molar-refractivity contribution >= 4 is 5.97 Å². The summed E-state index contributed by atoms with van der Waals surface area (Å²) in [6.45, 7) is 5.02. The molecule has 1 atom stereocenters. The maximum absolute atomic E-state index is 11.8. The van der Waals surface area contributed by atoms with Gasteiger partial charge in [-0.15, -0.1) is 0 Å². The number of aryl methyl sites for hydroxylation is 2. The van der Waals surface area contributed by atoms with E-state index < -0.39 is 0 Å². The van der Waals surface area contributed by atoms with Gasteiger partial charge < -0.3 is 10.1 Å². The van der Waals surface area contributed by atoms with Gasteiger partial charge in [-0.05, 0) is 39.2 Å². The zero-order valence-electron chi connectivity index (χ0n) is 11.1. The topological polar surface area (TPSA) is 56.2 Å². The van der Waals surface area contributed by atoms with Gasteiger partial charge in [0.25, 0.3) is 0 Å². The summed E-state index contributed by atoms with van der Waals surface area (Å²) in [5.41, 5.74) is 1.11. The second-order valence-corrected chi connectivity index (χ2v) is 4.73. The van der Waals surface area contributed by atoms with Crippen LogP contribution in [0.4, 0.5) is 0 Å². The lowest BCUT2D eigenvalue weighted by molar-refractivity contribution is -0.146. The third-order valence-electron chi connectivity index (χ3n) is 3.14. The number of rotatable bonds is 7. The molecule has 0 spiro atoms. The third-order valence-corrected chi connectivity index (χ3v) is 3.14. The lowest BCUT2D eigenvalue weighted by atomic mass is 10.2. The fourth-order valence-corrected chi connectivity index (χ4v) is 1.93. The number of esters is 1. The molecule has 1 heterocycles. The first kappa shape index (κ1) is 13.1. The summed E-state index contributed by atoms with van der Waals surface area (Å²) in [5, 5.41) is 7.57. The number of hydrogen-bond acceptors (Lipinski definition) is 4. The Morgan fingerprint density at radius 1 is 1.67 bits per heavy atom. The summed E-state index contributed by atoms with van der Waals surface area (Å²) >= 11 is 0. The fraction of sp³-hybridized carbons (Fsp3) is 0.692. The van der Waals surface area contributed by atoms with E-state index in [0.717, 1.165) is 31.5 Å². The van der Waals surface area contributed by atoms with Crippen LogP contribution in [0.5, 0.6) is 0 Å². The molecule has 1 aromatic rings. The maximum atomic E-state index is 11.8. The van der Waals surface area contributed by atoms with Crippen LogP contribution in [0, 0.1) is 6.92 Å². The molecular formula is C13H21N3O2. The zero-order valence-corrected chi connectivity index (χ0v) is 11.1. The van der Waals surface area contributed by atoms with Gasteiger partial charge in [-0.25, -0.2) is 0 Å². The Bertz CT molecular complexity index is 399. The quantitative estimate of drug-likeness (QED) is 0.741. The van der Waals surface area contributed by atoms with Crippen LogP contribution in [0.2, 0.25) is 0 Å². The zero-order chi connectivity index (χ0) is 13.0. The molecule has 1 N–H and O–H groups in total. The van der Waals surface area contributed by atoms with E-state index in [9.17, 15) is 4.79 Å². The Morgan fingerprint density at radius 2 is 2.44 bits per heavy atom. The van der Waals surface area contributed by atoms with E-state index in [4.69, 9.17) is 4.74 Å². The number of carbonyl (C=O) groups is 1. The standard InChI is InChI=1S/C13H21N3O2/c1-3-18-13(17)12(15-11-4-5-11)7-9-16-10(2)6-8-14-16/h6,8,11-12,15H,3-5,7,9H2,1-2H3. The van der Waals surface area contributed by atoms with Crippen LogP contribution in [-0.2, 0) is 16.1 Å². The number of hydrogen-bond donors (Lipinski definition) is 1. The van der Waals surface area contributed by atoms with Gasteiger partial charge in [0.15, 0.2) is 0 Å². The van der Waals surface area contributed by atoms with E-state index in [2.05, 4.69) is 10.4 Å². The summed E-state index contributed by atoms with van der Waals surface area (Å²) in [7, 11) is 0. The molecule has 5 nitrogen and oxygen atoms in total. The van der Waals surface area contributed by atoms with Gasteiger partial charge in [0.2, 0.25) is 0 Å². The highest BCUT2D eigenvalue weighted by Crippen LogP contribution is 2.20. The minimum Gasteiger partial charge on any atom is -0.465 e. The van der Waals surface area contributed by atoms with E-state index in [-0.39, 0.29) is 12.0 Å². The van der Waals surface area contributed by atoms with E-state index in [1.165, 1.54) is 0 Å².